The van der Waals surface area contributed by atoms with Crippen LogP contribution in [0.2, 0.25) is 10.0 Å². The number of ether oxygens (including phenoxy) is 2. The second-order valence-corrected chi connectivity index (χ2v) is 7.12. The van der Waals surface area contributed by atoms with Gasteiger partial charge in [-0.25, -0.2) is 4.79 Å². The van der Waals surface area contributed by atoms with Gasteiger partial charge in [0.2, 0.25) is 0 Å². The first-order chi connectivity index (χ1) is 12.9. The number of hydrogen-bond donors (Lipinski definition) is 0. The average molecular weight is 408 g/mol. The van der Waals surface area contributed by atoms with Crippen LogP contribution in [0.5, 0.6) is 5.75 Å². The Labute approximate surface area is 167 Å². The van der Waals surface area contributed by atoms with Gasteiger partial charge < -0.3 is 14.4 Å². The van der Waals surface area contributed by atoms with Crippen LogP contribution in [0.1, 0.15) is 18.1 Å². The number of carbonyl (C=O) groups is 2. The van der Waals surface area contributed by atoms with Crippen molar-refractivity contribution in [3.63, 3.8) is 0 Å². The minimum atomic E-state index is -0.904. The summed E-state index contributed by atoms with van der Waals surface area (Å²) >= 11 is 11.9. The largest absolute Gasteiger partial charge is 0.477 e. The van der Waals surface area contributed by atoms with Crippen molar-refractivity contribution in [3.8, 4) is 5.75 Å². The highest BCUT2D eigenvalue weighted by molar-refractivity contribution is 6.35. The number of hydrogen-bond acceptors (Lipinski definition) is 4. The molecule has 1 atom stereocenters. The fraction of sp³-hybridized carbons (Fsp3) is 0.300. The Morgan fingerprint density at radius 2 is 1.89 bits per heavy atom. The van der Waals surface area contributed by atoms with E-state index in [4.69, 9.17) is 32.7 Å². The third-order valence-corrected chi connectivity index (χ3v) is 4.88. The highest BCUT2D eigenvalue weighted by Gasteiger charge is 2.23. The van der Waals surface area contributed by atoms with Gasteiger partial charge in [0.1, 0.15) is 5.75 Å². The molecule has 0 aliphatic carbocycles. The summed E-state index contributed by atoms with van der Waals surface area (Å²) in [6, 6.07) is 12.7. The van der Waals surface area contributed by atoms with Crippen LogP contribution in [0.25, 0.3) is 0 Å². The molecule has 0 saturated heterocycles. The minimum absolute atomic E-state index is 0.227. The van der Waals surface area contributed by atoms with E-state index in [1.54, 1.807) is 17.0 Å². The van der Waals surface area contributed by atoms with E-state index in [1.165, 1.54) is 18.6 Å². The molecule has 1 amide bonds. The van der Waals surface area contributed by atoms with Crippen LogP contribution in [0.15, 0.2) is 42.5 Å². The van der Waals surface area contributed by atoms with Crippen molar-refractivity contribution in [2.24, 2.45) is 0 Å². The zero-order valence-corrected chi connectivity index (χ0v) is 16.3. The normalized spacial score (nSPS) is 14.3. The quantitative estimate of drug-likeness (QED) is 0.705. The van der Waals surface area contributed by atoms with Gasteiger partial charge in [-0.15, -0.1) is 0 Å². The molecule has 3 rings (SSSR count). The van der Waals surface area contributed by atoms with E-state index in [2.05, 4.69) is 6.07 Å². The summed E-state index contributed by atoms with van der Waals surface area (Å²) in [7, 11) is 0. The Kier molecular flexibility index (Phi) is 6.24. The Morgan fingerprint density at radius 3 is 2.63 bits per heavy atom. The van der Waals surface area contributed by atoms with Crippen LogP contribution < -0.4 is 4.74 Å². The maximum Gasteiger partial charge on any atom is 0.347 e. The van der Waals surface area contributed by atoms with E-state index in [0.29, 0.717) is 28.9 Å². The summed E-state index contributed by atoms with van der Waals surface area (Å²) in [6.45, 7) is 2.36. The monoisotopic (exact) mass is 407 g/mol. The van der Waals surface area contributed by atoms with Crippen LogP contribution in [0.4, 0.5) is 0 Å². The molecule has 1 heterocycles. The zero-order chi connectivity index (χ0) is 19.4. The van der Waals surface area contributed by atoms with Crippen molar-refractivity contribution >= 4 is 35.1 Å². The number of halogens is 2. The highest BCUT2D eigenvalue weighted by atomic mass is 35.5. The molecule has 1 unspecified atom stereocenters. The molecule has 1 aliphatic rings. The number of amides is 1. The minimum Gasteiger partial charge on any atom is -0.477 e. The van der Waals surface area contributed by atoms with Gasteiger partial charge in [0.15, 0.2) is 12.7 Å². The van der Waals surface area contributed by atoms with Crippen LogP contribution >= 0.6 is 23.2 Å². The van der Waals surface area contributed by atoms with E-state index in [9.17, 15) is 9.59 Å². The SMILES string of the molecule is CC(Oc1ccc(Cl)cc1Cl)C(=O)OCC(=O)N1CCc2ccccc2C1. The predicted molar refractivity (Wildman–Crippen MR) is 103 cm³/mol. The summed E-state index contributed by atoms with van der Waals surface area (Å²) in [5.41, 5.74) is 2.37. The van der Waals surface area contributed by atoms with Crippen molar-refractivity contribution in [1.82, 2.24) is 4.90 Å². The Bertz CT molecular complexity index is 856. The molecule has 142 valence electrons. The van der Waals surface area contributed by atoms with Crippen LogP contribution in [0.3, 0.4) is 0 Å². The van der Waals surface area contributed by atoms with Crippen molar-refractivity contribution in [2.45, 2.75) is 26.0 Å². The molecule has 27 heavy (non-hydrogen) atoms. The molecule has 2 aromatic rings. The molecule has 7 heteroatoms. The van der Waals surface area contributed by atoms with Gasteiger partial charge in [-0.1, -0.05) is 47.5 Å². The number of fused-ring (bicyclic) bond motifs is 1. The topological polar surface area (TPSA) is 55.8 Å². The number of benzene rings is 2. The number of rotatable bonds is 5. The van der Waals surface area contributed by atoms with Gasteiger partial charge in [0, 0.05) is 18.1 Å². The molecule has 2 aromatic carbocycles. The first-order valence-electron chi connectivity index (χ1n) is 8.57. The Morgan fingerprint density at radius 1 is 1.15 bits per heavy atom. The molecule has 0 aromatic heterocycles. The third-order valence-electron chi connectivity index (χ3n) is 4.35. The number of carbonyl (C=O) groups excluding carboxylic acids is 2. The molecule has 0 bridgehead atoms. The summed E-state index contributed by atoms with van der Waals surface area (Å²) < 4.78 is 10.6. The molecule has 0 N–H and O–H groups in total. The predicted octanol–water partition coefficient (Wildman–Crippen LogP) is 3.89. The smallest absolute Gasteiger partial charge is 0.347 e. The second-order valence-electron chi connectivity index (χ2n) is 6.28. The first-order valence-corrected chi connectivity index (χ1v) is 9.32. The lowest BCUT2D eigenvalue weighted by Gasteiger charge is -2.28. The van der Waals surface area contributed by atoms with E-state index in [-0.39, 0.29) is 12.5 Å². The fourth-order valence-corrected chi connectivity index (χ4v) is 3.31. The molecular weight excluding hydrogens is 389 g/mol. The molecule has 0 radical (unpaired) electrons. The van der Waals surface area contributed by atoms with Crippen molar-refractivity contribution in [2.75, 3.05) is 13.2 Å². The van der Waals surface area contributed by atoms with Gasteiger partial charge in [-0.2, -0.15) is 0 Å². The maximum absolute atomic E-state index is 12.4. The lowest BCUT2D eigenvalue weighted by molar-refractivity contribution is -0.157. The lowest BCUT2D eigenvalue weighted by Crippen LogP contribution is -2.39. The van der Waals surface area contributed by atoms with Crippen LogP contribution in [-0.4, -0.2) is 36.0 Å². The molecule has 0 spiro atoms. The van der Waals surface area contributed by atoms with Gasteiger partial charge in [-0.05, 0) is 42.7 Å². The van der Waals surface area contributed by atoms with Crippen LogP contribution in [-0.2, 0) is 27.3 Å². The summed E-state index contributed by atoms with van der Waals surface area (Å²) in [6.07, 6.45) is -0.108. The Hall–Kier alpha value is -2.24. The molecule has 5 nitrogen and oxygen atoms in total. The van der Waals surface area contributed by atoms with E-state index < -0.39 is 12.1 Å². The zero-order valence-electron chi connectivity index (χ0n) is 14.8. The standard InChI is InChI=1S/C20H19Cl2NO4/c1-13(27-18-7-6-16(21)10-17(18)22)20(25)26-12-19(24)23-9-8-14-4-2-3-5-15(14)11-23/h2-7,10,13H,8-9,11-12H2,1H3. The summed E-state index contributed by atoms with van der Waals surface area (Å²) in [4.78, 5) is 26.2. The molecule has 0 fully saturated rings. The van der Waals surface area contributed by atoms with Gasteiger partial charge in [0.05, 0.1) is 5.02 Å². The fourth-order valence-electron chi connectivity index (χ4n) is 2.86. The van der Waals surface area contributed by atoms with E-state index in [0.717, 1.165) is 12.0 Å². The first kappa shape index (κ1) is 19.5. The second kappa shape index (κ2) is 8.63. The van der Waals surface area contributed by atoms with Gasteiger partial charge in [-0.3, -0.25) is 4.79 Å². The van der Waals surface area contributed by atoms with Crippen LogP contribution in [0, 0.1) is 0 Å². The van der Waals surface area contributed by atoms with Crippen molar-refractivity contribution < 1.29 is 19.1 Å². The van der Waals surface area contributed by atoms with Crippen molar-refractivity contribution in [3.05, 3.63) is 63.6 Å². The van der Waals surface area contributed by atoms with Gasteiger partial charge in [0.25, 0.3) is 5.91 Å². The average Bonchev–Trinajstić information content (AvgIpc) is 2.67. The molecule has 1 aliphatic heterocycles. The third kappa shape index (κ3) is 4.93. The Balaban J connectivity index is 1.50. The number of nitrogens with zero attached hydrogens (tertiary/aromatic N) is 1. The lowest BCUT2D eigenvalue weighted by atomic mass is 10.00. The van der Waals surface area contributed by atoms with Gasteiger partial charge >= 0.3 is 5.97 Å². The maximum atomic E-state index is 12.4. The molecule has 0 saturated carbocycles. The number of esters is 1. The van der Waals surface area contributed by atoms with E-state index in [1.807, 2.05) is 18.2 Å². The summed E-state index contributed by atoms with van der Waals surface area (Å²) in [5.74, 6) is -0.536. The highest BCUT2D eigenvalue weighted by Crippen LogP contribution is 2.28. The summed E-state index contributed by atoms with van der Waals surface area (Å²) in [5, 5.41) is 0.765. The van der Waals surface area contributed by atoms with Crippen molar-refractivity contribution in [1.29, 1.82) is 0 Å². The molecular formula is C20H19Cl2NO4. The van der Waals surface area contributed by atoms with E-state index >= 15 is 0 Å².